The van der Waals surface area contributed by atoms with Crippen molar-refractivity contribution in [2.75, 3.05) is 11.4 Å². The van der Waals surface area contributed by atoms with Gasteiger partial charge < -0.3 is 10.2 Å². The molecule has 1 aliphatic heterocycles. The summed E-state index contributed by atoms with van der Waals surface area (Å²) in [5, 5.41) is 10.6. The lowest BCUT2D eigenvalue weighted by atomic mass is 10.1. The van der Waals surface area contributed by atoms with Crippen molar-refractivity contribution in [3.05, 3.63) is 70.1 Å². The van der Waals surface area contributed by atoms with E-state index in [1.165, 1.54) is 0 Å². The third-order valence-electron chi connectivity index (χ3n) is 5.11. The Hall–Kier alpha value is -3.48. The number of aromatic amines is 1. The number of carbonyl (C=O) groups excluding carboxylic acids is 2. The Balaban J connectivity index is 1.47. The van der Waals surface area contributed by atoms with Gasteiger partial charge in [0, 0.05) is 24.0 Å². The number of aryl methyl sites for hydroxylation is 1. The highest BCUT2D eigenvalue weighted by Gasteiger charge is 2.35. The molecule has 0 unspecified atom stereocenters. The Morgan fingerprint density at radius 2 is 1.86 bits per heavy atom. The van der Waals surface area contributed by atoms with E-state index in [1.54, 1.807) is 23.1 Å². The Labute approximate surface area is 161 Å². The maximum Gasteiger partial charge on any atom is 0.272 e. The molecule has 0 saturated carbocycles. The second-order valence-electron chi connectivity index (χ2n) is 6.95. The summed E-state index contributed by atoms with van der Waals surface area (Å²) in [5.41, 5.74) is 2.17. The van der Waals surface area contributed by atoms with Crippen LogP contribution in [-0.2, 0) is 16.1 Å². The number of carbonyl (C=O) groups is 2. The maximum absolute atomic E-state index is 12.6. The lowest BCUT2D eigenvalue weighted by Gasteiger charge is -2.19. The number of H-pyrrole nitrogens is 1. The number of anilines is 1. The van der Waals surface area contributed by atoms with Gasteiger partial charge in [0.2, 0.25) is 11.8 Å². The van der Waals surface area contributed by atoms with Crippen LogP contribution in [0.1, 0.15) is 17.7 Å². The summed E-state index contributed by atoms with van der Waals surface area (Å²) in [4.78, 5) is 38.6. The molecule has 1 saturated heterocycles. The number of benzene rings is 2. The molecule has 28 heavy (non-hydrogen) atoms. The fraction of sp³-hybridized carbons (Fsp3) is 0.238. The Morgan fingerprint density at radius 3 is 2.64 bits per heavy atom. The Kier molecular flexibility index (Phi) is 4.65. The minimum absolute atomic E-state index is 0.0536. The number of hydrogen-bond acceptors (Lipinski definition) is 4. The van der Waals surface area contributed by atoms with Gasteiger partial charge in [-0.15, -0.1) is 0 Å². The van der Waals surface area contributed by atoms with Gasteiger partial charge in [-0.2, -0.15) is 5.10 Å². The molecule has 2 N–H and O–H groups in total. The second-order valence-corrected chi connectivity index (χ2v) is 6.95. The average molecular weight is 376 g/mol. The van der Waals surface area contributed by atoms with Gasteiger partial charge >= 0.3 is 0 Å². The largest absolute Gasteiger partial charge is 0.350 e. The number of hydrogen-bond donors (Lipinski definition) is 2. The van der Waals surface area contributed by atoms with E-state index in [1.807, 2.05) is 37.3 Å². The summed E-state index contributed by atoms with van der Waals surface area (Å²) < 4.78 is 0. The normalized spacial score (nSPS) is 16.5. The van der Waals surface area contributed by atoms with Crippen molar-refractivity contribution in [1.82, 2.24) is 15.5 Å². The summed E-state index contributed by atoms with van der Waals surface area (Å²) in [6, 6.07) is 14.8. The molecule has 2 amide bonds. The number of nitrogens with zero attached hydrogens (tertiary/aromatic N) is 2. The molecule has 1 fully saturated rings. The highest BCUT2D eigenvalue weighted by molar-refractivity contribution is 6.00. The van der Waals surface area contributed by atoms with E-state index >= 15 is 0 Å². The van der Waals surface area contributed by atoms with E-state index in [0.29, 0.717) is 23.0 Å². The molecule has 7 nitrogen and oxygen atoms in total. The van der Waals surface area contributed by atoms with Gasteiger partial charge in [0.15, 0.2) is 0 Å². The van der Waals surface area contributed by atoms with Crippen molar-refractivity contribution >= 4 is 28.3 Å². The van der Waals surface area contributed by atoms with Crippen LogP contribution in [0.5, 0.6) is 0 Å². The summed E-state index contributed by atoms with van der Waals surface area (Å²) in [6.07, 6.45) is 0.181. The highest BCUT2D eigenvalue weighted by Crippen LogP contribution is 2.27. The molecular formula is C21H20N4O3. The molecule has 0 spiro atoms. The van der Waals surface area contributed by atoms with E-state index < -0.39 is 5.92 Å². The molecule has 1 aromatic heterocycles. The Bertz CT molecular complexity index is 1120. The maximum atomic E-state index is 12.6. The van der Waals surface area contributed by atoms with Gasteiger partial charge in [-0.25, -0.2) is 5.10 Å². The Morgan fingerprint density at radius 1 is 1.14 bits per heavy atom. The second kappa shape index (κ2) is 7.26. The van der Waals surface area contributed by atoms with Gasteiger partial charge in [0.1, 0.15) is 0 Å². The predicted octanol–water partition coefficient (Wildman–Crippen LogP) is 1.90. The number of fused-ring (bicyclic) bond motifs is 1. The highest BCUT2D eigenvalue weighted by atomic mass is 16.2. The lowest BCUT2D eigenvalue weighted by molar-refractivity contribution is -0.126. The monoisotopic (exact) mass is 376 g/mol. The molecular weight excluding hydrogens is 356 g/mol. The summed E-state index contributed by atoms with van der Waals surface area (Å²) in [5.74, 6) is -0.662. The van der Waals surface area contributed by atoms with Crippen molar-refractivity contribution in [1.29, 1.82) is 0 Å². The molecule has 0 radical (unpaired) electrons. The van der Waals surface area contributed by atoms with Crippen LogP contribution < -0.4 is 15.8 Å². The lowest BCUT2D eigenvalue weighted by Crippen LogP contribution is -2.33. The van der Waals surface area contributed by atoms with Gasteiger partial charge in [-0.3, -0.25) is 14.4 Å². The van der Waals surface area contributed by atoms with Crippen LogP contribution in [0.15, 0.2) is 53.3 Å². The van der Waals surface area contributed by atoms with E-state index in [0.717, 1.165) is 11.3 Å². The standard InChI is InChI=1S/C21H20N4O3/c1-13-6-2-5-9-18(13)25-12-14(10-19(25)26)20(27)22-11-17-15-7-3-4-8-16(15)21(28)24-23-17/h2-9,14H,10-12H2,1H3,(H,22,27)(H,24,28)/t14-/m1/s1. The first-order chi connectivity index (χ1) is 13.5. The number of amides is 2. The molecule has 4 rings (SSSR count). The van der Waals surface area contributed by atoms with Crippen LogP contribution in [0.4, 0.5) is 5.69 Å². The molecule has 1 aliphatic rings. The van der Waals surface area contributed by atoms with E-state index in [2.05, 4.69) is 15.5 Å². The fourth-order valence-electron chi connectivity index (χ4n) is 3.60. The van der Waals surface area contributed by atoms with E-state index in [4.69, 9.17) is 0 Å². The molecule has 3 aromatic rings. The van der Waals surface area contributed by atoms with Crippen molar-refractivity contribution < 1.29 is 9.59 Å². The SMILES string of the molecule is Cc1ccccc1N1C[C@H](C(=O)NCc2n[nH]c(=O)c3ccccc23)CC1=O. The third-order valence-corrected chi connectivity index (χ3v) is 5.11. The molecule has 1 atom stereocenters. The van der Waals surface area contributed by atoms with Crippen molar-refractivity contribution in [2.24, 2.45) is 5.92 Å². The van der Waals surface area contributed by atoms with Gasteiger partial charge in [-0.05, 0) is 24.6 Å². The van der Waals surface area contributed by atoms with Crippen LogP contribution >= 0.6 is 0 Å². The first-order valence-corrected chi connectivity index (χ1v) is 9.14. The zero-order valence-electron chi connectivity index (χ0n) is 15.4. The number of nitrogens with one attached hydrogen (secondary N) is 2. The molecule has 0 aliphatic carbocycles. The van der Waals surface area contributed by atoms with Gasteiger partial charge in [-0.1, -0.05) is 36.4 Å². The minimum atomic E-state index is -0.416. The molecule has 2 heterocycles. The van der Waals surface area contributed by atoms with Crippen LogP contribution in [-0.4, -0.2) is 28.6 Å². The van der Waals surface area contributed by atoms with E-state index in [9.17, 15) is 14.4 Å². The fourth-order valence-corrected chi connectivity index (χ4v) is 3.60. The van der Waals surface area contributed by atoms with Crippen LogP contribution in [0.3, 0.4) is 0 Å². The van der Waals surface area contributed by atoms with Crippen LogP contribution in [0.25, 0.3) is 10.8 Å². The average Bonchev–Trinajstić information content (AvgIpc) is 3.09. The summed E-state index contributed by atoms with van der Waals surface area (Å²) in [7, 11) is 0. The first-order valence-electron chi connectivity index (χ1n) is 9.14. The molecule has 142 valence electrons. The molecule has 0 bridgehead atoms. The van der Waals surface area contributed by atoms with Crippen molar-refractivity contribution in [3.63, 3.8) is 0 Å². The van der Waals surface area contributed by atoms with Crippen LogP contribution in [0, 0.1) is 12.8 Å². The third kappa shape index (κ3) is 3.26. The van der Waals surface area contributed by atoms with Crippen LogP contribution in [0.2, 0.25) is 0 Å². The van der Waals surface area contributed by atoms with Crippen molar-refractivity contribution in [2.45, 2.75) is 19.9 Å². The summed E-state index contributed by atoms with van der Waals surface area (Å²) in [6.45, 7) is 2.49. The zero-order valence-corrected chi connectivity index (χ0v) is 15.4. The zero-order chi connectivity index (χ0) is 19.7. The van der Waals surface area contributed by atoms with E-state index in [-0.39, 0.29) is 30.3 Å². The number of rotatable bonds is 4. The minimum Gasteiger partial charge on any atom is -0.350 e. The molecule has 7 heteroatoms. The van der Waals surface area contributed by atoms with Crippen molar-refractivity contribution in [3.8, 4) is 0 Å². The quantitative estimate of drug-likeness (QED) is 0.727. The van der Waals surface area contributed by atoms with Gasteiger partial charge in [0.05, 0.1) is 23.5 Å². The van der Waals surface area contributed by atoms with Gasteiger partial charge in [0.25, 0.3) is 5.56 Å². The topological polar surface area (TPSA) is 95.2 Å². The predicted molar refractivity (Wildman–Crippen MR) is 106 cm³/mol. The number of para-hydroxylation sites is 1. The smallest absolute Gasteiger partial charge is 0.272 e. The molecule has 2 aromatic carbocycles. The first kappa shape index (κ1) is 17.9. The number of aromatic nitrogens is 2. The summed E-state index contributed by atoms with van der Waals surface area (Å²) >= 11 is 0.